The van der Waals surface area contributed by atoms with Gasteiger partial charge in [0.05, 0.1) is 3.79 Å². The number of rotatable bonds is 5. The maximum Gasteiger partial charge on any atom is 0.303 e. The van der Waals surface area contributed by atoms with Crippen LogP contribution in [0.4, 0.5) is 0 Å². The largest absolute Gasteiger partial charge is 0.481 e. The lowest BCUT2D eigenvalue weighted by molar-refractivity contribution is -0.137. The van der Waals surface area contributed by atoms with Crippen molar-refractivity contribution in [1.29, 1.82) is 0 Å². The van der Waals surface area contributed by atoms with Crippen molar-refractivity contribution < 1.29 is 9.90 Å². The second kappa shape index (κ2) is 7.20. The van der Waals surface area contributed by atoms with Gasteiger partial charge in [-0.2, -0.15) is 0 Å². The van der Waals surface area contributed by atoms with Crippen molar-refractivity contribution in [2.75, 3.05) is 13.1 Å². The number of hydrogen-bond donors (Lipinski definition) is 1. The summed E-state index contributed by atoms with van der Waals surface area (Å²) in [6.07, 6.45) is 3.40. The van der Waals surface area contributed by atoms with E-state index in [-0.39, 0.29) is 0 Å². The van der Waals surface area contributed by atoms with Crippen LogP contribution in [0, 0.1) is 5.92 Å². The van der Waals surface area contributed by atoms with Crippen molar-refractivity contribution in [1.82, 2.24) is 4.90 Å². The van der Waals surface area contributed by atoms with Crippen molar-refractivity contribution in [3.63, 3.8) is 0 Å². The molecule has 1 aromatic heterocycles. The third kappa shape index (κ3) is 4.85. The predicted molar refractivity (Wildman–Crippen MR) is 84.6 cm³/mol. The summed E-state index contributed by atoms with van der Waals surface area (Å²) in [5.41, 5.74) is 0. The number of carbonyl (C=O) groups is 1. The van der Waals surface area contributed by atoms with Crippen molar-refractivity contribution in [3.05, 3.63) is 19.2 Å². The second-order valence-corrected chi connectivity index (χ2v) is 8.30. The van der Waals surface area contributed by atoms with Crippen LogP contribution in [-0.2, 0) is 11.3 Å². The molecule has 1 aliphatic heterocycles. The van der Waals surface area contributed by atoms with Gasteiger partial charge in [0.2, 0.25) is 0 Å². The number of thiophene rings is 1. The Hall–Kier alpha value is 0.0900. The third-order valence-electron chi connectivity index (χ3n) is 3.55. The van der Waals surface area contributed by atoms with E-state index in [1.54, 1.807) is 11.3 Å². The number of halogens is 2. The highest BCUT2D eigenvalue weighted by atomic mass is 79.9. The van der Waals surface area contributed by atoms with Gasteiger partial charge in [0.1, 0.15) is 0 Å². The van der Waals surface area contributed by atoms with E-state index in [1.165, 1.54) is 4.88 Å². The molecule has 19 heavy (non-hydrogen) atoms. The number of likely N-dealkylation sites (tertiary alicyclic amines) is 1. The minimum Gasteiger partial charge on any atom is -0.481 e. The van der Waals surface area contributed by atoms with Gasteiger partial charge < -0.3 is 5.11 Å². The zero-order chi connectivity index (χ0) is 13.8. The number of nitrogens with zero attached hydrogens (tertiary/aromatic N) is 1. The van der Waals surface area contributed by atoms with E-state index in [0.29, 0.717) is 12.3 Å². The van der Waals surface area contributed by atoms with Crippen LogP contribution in [0.5, 0.6) is 0 Å². The molecule has 1 fully saturated rings. The molecule has 0 radical (unpaired) electrons. The average Bonchev–Trinajstić information content (AvgIpc) is 2.67. The Balaban J connectivity index is 1.75. The summed E-state index contributed by atoms with van der Waals surface area (Å²) in [6.45, 7) is 3.16. The minimum absolute atomic E-state index is 0.315. The quantitative estimate of drug-likeness (QED) is 0.784. The molecule has 0 unspecified atom stereocenters. The van der Waals surface area contributed by atoms with Gasteiger partial charge in [-0.25, -0.2) is 0 Å². The Bertz CT molecular complexity index is 422. The first kappa shape index (κ1) is 15.5. The molecule has 3 nitrogen and oxygen atoms in total. The van der Waals surface area contributed by atoms with Crippen LogP contribution in [0.15, 0.2) is 14.3 Å². The molecule has 0 aliphatic carbocycles. The van der Waals surface area contributed by atoms with Gasteiger partial charge in [-0.15, -0.1) is 11.3 Å². The highest BCUT2D eigenvalue weighted by Crippen LogP contribution is 2.33. The lowest BCUT2D eigenvalue weighted by Gasteiger charge is -2.31. The van der Waals surface area contributed by atoms with E-state index in [9.17, 15) is 4.79 Å². The van der Waals surface area contributed by atoms with Crippen LogP contribution in [0.3, 0.4) is 0 Å². The zero-order valence-electron chi connectivity index (χ0n) is 10.6. The molecule has 106 valence electrons. The Morgan fingerprint density at radius 3 is 2.63 bits per heavy atom. The van der Waals surface area contributed by atoms with Crippen LogP contribution < -0.4 is 0 Å². The van der Waals surface area contributed by atoms with Gasteiger partial charge in [-0.3, -0.25) is 9.69 Å². The lowest BCUT2D eigenvalue weighted by atomic mass is 9.92. The van der Waals surface area contributed by atoms with Crippen molar-refractivity contribution >= 4 is 49.2 Å². The molecular formula is C13H17Br2NO2S. The normalized spacial score (nSPS) is 17.8. The highest BCUT2D eigenvalue weighted by molar-refractivity contribution is 9.13. The maximum absolute atomic E-state index is 10.6. The molecule has 2 heterocycles. The summed E-state index contributed by atoms with van der Waals surface area (Å²) in [5.74, 6) is -0.0788. The molecule has 1 aliphatic rings. The molecule has 0 aromatic carbocycles. The smallest absolute Gasteiger partial charge is 0.303 e. The minimum atomic E-state index is -0.671. The third-order valence-corrected chi connectivity index (χ3v) is 6.79. The Morgan fingerprint density at radius 2 is 2.11 bits per heavy atom. The molecule has 0 atom stereocenters. The van der Waals surface area contributed by atoms with Crippen LogP contribution in [-0.4, -0.2) is 29.1 Å². The molecule has 1 aromatic rings. The van der Waals surface area contributed by atoms with E-state index in [2.05, 4.69) is 42.8 Å². The molecule has 0 bridgehead atoms. The van der Waals surface area contributed by atoms with Gasteiger partial charge >= 0.3 is 5.97 Å². The van der Waals surface area contributed by atoms with Crippen LogP contribution in [0.25, 0.3) is 0 Å². The first-order valence-corrected chi connectivity index (χ1v) is 8.82. The first-order chi connectivity index (χ1) is 9.04. The average molecular weight is 411 g/mol. The summed E-state index contributed by atoms with van der Waals surface area (Å²) in [4.78, 5) is 14.4. The molecule has 1 saturated heterocycles. The van der Waals surface area contributed by atoms with Crippen molar-refractivity contribution in [3.8, 4) is 0 Å². The van der Waals surface area contributed by atoms with Crippen molar-refractivity contribution in [2.24, 2.45) is 5.92 Å². The fourth-order valence-electron chi connectivity index (χ4n) is 2.45. The van der Waals surface area contributed by atoms with Gasteiger partial charge in [0.15, 0.2) is 0 Å². The fraction of sp³-hybridized carbons (Fsp3) is 0.615. The van der Waals surface area contributed by atoms with Crippen LogP contribution in [0.2, 0.25) is 0 Å². The van der Waals surface area contributed by atoms with E-state index >= 15 is 0 Å². The number of carboxylic acids is 1. The van der Waals surface area contributed by atoms with Crippen LogP contribution in [0.1, 0.15) is 30.6 Å². The summed E-state index contributed by atoms with van der Waals surface area (Å²) in [5, 5.41) is 8.70. The maximum atomic E-state index is 10.6. The molecule has 2 rings (SSSR count). The summed E-state index contributed by atoms with van der Waals surface area (Å²) < 4.78 is 2.28. The molecule has 0 amide bonds. The predicted octanol–water partition coefficient (Wildman–Crippen LogP) is 4.35. The Labute approximate surface area is 134 Å². The zero-order valence-corrected chi connectivity index (χ0v) is 14.6. The summed E-state index contributed by atoms with van der Waals surface area (Å²) in [7, 11) is 0. The summed E-state index contributed by atoms with van der Waals surface area (Å²) in [6, 6.07) is 2.17. The standard InChI is InChI=1S/C13H17Br2NO2S/c14-11-7-10(19-13(11)15)8-16-5-3-9(4-6-16)1-2-12(17)18/h7,9H,1-6,8H2,(H,17,18). The summed E-state index contributed by atoms with van der Waals surface area (Å²) >= 11 is 8.81. The fourth-order valence-corrected chi connectivity index (χ4v) is 4.67. The number of hydrogen-bond acceptors (Lipinski definition) is 3. The molecule has 0 saturated carbocycles. The van der Waals surface area contributed by atoms with Crippen LogP contribution >= 0.6 is 43.2 Å². The number of aliphatic carboxylic acids is 1. The van der Waals surface area contributed by atoms with E-state index in [1.807, 2.05) is 0 Å². The topological polar surface area (TPSA) is 40.5 Å². The van der Waals surface area contributed by atoms with Gasteiger partial charge in [0, 0.05) is 22.3 Å². The van der Waals surface area contributed by atoms with E-state index < -0.39 is 5.97 Å². The Morgan fingerprint density at radius 1 is 1.42 bits per heavy atom. The van der Waals surface area contributed by atoms with Crippen molar-refractivity contribution in [2.45, 2.75) is 32.2 Å². The number of piperidine rings is 1. The van der Waals surface area contributed by atoms with Gasteiger partial charge in [-0.1, -0.05) is 0 Å². The molecule has 1 N–H and O–H groups in total. The Kier molecular flexibility index (Phi) is 5.87. The highest BCUT2D eigenvalue weighted by Gasteiger charge is 2.20. The molecule has 0 spiro atoms. The van der Waals surface area contributed by atoms with Gasteiger partial charge in [0.25, 0.3) is 0 Å². The lowest BCUT2D eigenvalue weighted by Crippen LogP contribution is -2.33. The SMILES string of the molecule is O=C(O)CCC1CCN(Cc2cc(Br)c(Br)s2)CC1. The number of carboxylic acid groups (broad SMARTS) is 1. The monoisotopic (exact) mass is 409 g/mol. The first-order valence-electron chi connectivity index (χ1n) is 6.42. The van der Waals surface area contributed by atoms with E-state index in [4.69, 9.17) is 5.11 Å². The van der Waals surface area contributed by atoms with E-state index in [0.717, 1.165) is 47.2 Å². The second-order valence-electron chi connectivity index (χ2n) is 4.99. The molecule has 6 heteroatoms. The molecular weight excluding hydrogens is 394 g/mol. The van der Waals surface area contributed by atoms with Gasteiger partial charge in [-0.05, 0) is 76.2 Å².